The lowest BCUT2D eigenvalue weighted by atomic mass is 9.98. The average molecular weight is 206 g/mol. The maximum absolute atomic E-state index is 10.6. The molecule has 1 aromatic heterocycles. The second-order valence-electron chi connectivity index (χ2n) is 4.40. The molecule has 0 radical (unpaired) electrons. The fourth-order valence-electron chi connectivity index (χ4n) is 2.39. The van der Waals surface area contributed by atoms with E-state index >= 15 is 0 Å². The molecule has 0 spiro atoms. The largest absolute Gasteiger partial charge is 0.331 e. The third-order valence-electron chi connectivity index (χ3n) is 3.20. The Bertz CT molecular complexity index is 368. The van der Waals surface area contributed by atoms with Gasteiger partial charge in [0.05, 0.1) is 5.69 Å². The summed E-state index contributed by atoms with van der Waals surface area (Å²) in [7, 11) is 0. The topological polar surface area (TPSA) is 34.9 Å². The Morgan fingerprint density at radius 2 is 2.40 bits per heavy atom. The van der Waals surface area contributed by atoms with E-state index in [-0.39, 0.29) is 0 Å². The van der Waals surface area contributed by atoms with Gasteiger partial charge in [0.25, 0.3) is 0 Å². The van der Waals surface area contributed by atoms with Crippen molar-refractivity contribution in [1.82, 2.24) is 9.55 Å². The van der Waals surface area contributed by atoms with Crippen LogP contribution in [0.4, 0.5) is 0 Å². The highest BCUT2D eigenvalue weighted by molar-refractivity contribution is 5.54. The molecular weight excluding hydrogens is 188 g/mol. The van der Waals surface area contributed by atoms with Crippen LogP contribution in [0.5, 0.6) is 0 Å². The molecule has 0 aromatic carbocycles. The fraction of sp³-hybridized carbons (Fsp3) is 0.667. The van der Waals surface area contributed by atoms with Crippen molar-refractivity contribution in [3.05, 3.63) is 17.2 Å². The molecule has 82 valence electrons. The molecule has 3 heteroatoms. The molecule has 3 nitrogen and oxygen atoms in total. The Balaban J connectivity index is 2.39. The lowest BCUT2D eigenvalue weighted by molar-refractivity contribution is -0.107. The van der Waals surface area contributed by atoms with Gasteiger partial charge in [-0.2, -0.15) is 0 Å². The molecule has 15 heavy (non-hydrogen) atoms. The molecule has 0 saturated carbocycles. The number of imidazole rings is 1. The van der Waals surface area contributed by atoms with Gasteiger partial charge in [-0.3, -0.25) is 0 Å². The van der Waals surface area contributed by atoms with E-state index in [2.05, 4.69) is 23.4 Å². The molecule has 0 aliphatic carbocycles. The van der Waals surface area contributed by atoms with Gasteiger partial charge in [0.1, 0.15) is 12.1 Å². The van der Waals surface area contributed by atoms with Gasteiger partial charge in [-0.15, -0.1) is 0 Å². The van der Waals surface area contributed by atoms with Crippen LogP contribution in [-0.4, -0.2) is 15.8 Å². The minimum atomic E-state index is 0.476. The maximum Gasteiger partial charge on any atom is 0.126 e. The molecular formula is C12H18N2O. The summed E-state index contributed by atoms with van der Waals surface area (Å²) in [6.07, 6.45) is 4.70. The van der Waals surface area contributed by atoms with E-state index in [4.69, 9.17) is 0 Å². The van der Waals surface area contributed by atoms with Crippen molar-refractivity contribution in [2.75, 3.05) is 0 Å². The maximum atomic E-state index is 10.6. The molecule has 2 heterocycles. The molecule has 1 aliphatic heterocycles. The number of aldehydes is 1. The van der Waals surface area contributed by atoms with E-state index < -0.39 is 0 Å². The molecule has 2 rings (SSSR count). The number of hydrogen-bond donors (Lipinski definition) is 0. The molecule has 1 atom stereocenters. The highest BCUT2D eigenvalue weighted by atomic mass is 16.1. The molecule has 1 aliphatic rings. The van der Waals surface area contributed by atoms with Gasteiger partial charge < -0.3 is 9.36 Å². The first-order chi connectivity index (χ1) is 7.26. The van der Waals surface area contributed by atoms with Crippen molar-refractivity contribution in [2.45, 2.75) is 46.1 Å². The van der Waals surface area contributed by atoms with Crippen molar-refractivity contribution in [2.24, 2.45) is 5.92 Å². The van der Waals surface area contributed by atoms with Crippen LogP contribution in [-0.2, 0) is 30.6 Å². The summed E-state index contributed by atoms with van der Waals surface area (Å²) in [4.78, 5) is 15.1. The van der Waals surface area contributed by atoms with Crippen molar-refractivity contribution >= 4 is 6.29 Å². The molecule has 0 saturated heterocycles. The molecule has 0 N–H and O–H groups in total. The summed E-state index contributed by atoms with van der Waals surface area (Å²) in [6.45, 7) is 5.48. The van der Waals surface area contributed by atoms with Crippen molar-refractivity contribution in [1.29, 1.82) is 0 Å². The van der Waals surface area contributed by atoms with Crippen LogP contribution in [0.25, 0.3) is 0 Å². The predicted molar refractivity (Wildman–Crippen MR) is 58.9 cm³/mol. The van der Waals surface area contributed by atoms with Crippen LogP contribution in [0.15, 0.2) is 0 Å². The zero-order valence-electron chi connectivity index (χ0n) is 9.49. The molecule has 0 amide bonds. The van der Waals surface area contributed by atoms with Gasteiger partial charge >= 0.3 is 0 Å². The van der Waals surface area contributed by atoms with E-state index in [1.54, 1.807) is 0 Å². The third-order valence-corrected chi connectivity index (χ3v) is 3.20. The fourth-order valence-corrected chi connectivity index (χ4v) is 2.39. The van der Waals surface area contributed by atoms with Crippen LogP contribution < -0.4 is 0 Å². The highest BCUT2D eigenvalue weighted by Gasteiger charge is 2.21. The Morgan fingerprint density at radius 1 is 1.60 bits per heavy atom. The summed E-state index contributed by atoms with van der Waals surface area (Å²) >= 11 is 0. The smallest absolute Gasteiger partial charge is 0.126 e. The number of fused-ring (bicyclic) bond motifs is 1. The van der Waals surface area contributed by atoms with E-state index in [0.29, 0.717) is 6.42 Å². The standard InChI is InChI=1S/C12H18N2O/c1-3-12-13-10(6-7-15)11-5-4-9(2)8-14(11)12/h7,9H,3-6,8H2,1-2H3. The minimum Gasteiger partial charge on any atom is -0.331 e. The van der Waals surface area contributed by atoms with Gasteiger partial charge in [-0.05, 0) is 18.8 Å². The highest BCUT2D eigenvalue weighted by Crippen LogP contribution is 2.24. The van der Waals surface area contributed by atoms with Crippen LogP contribution in [0, 0.1) is 5.92 Å². The zero-order valence-corrected chi connectivity index (χ0v) is 9.49. The number of aromatic nitrogens is 2. The average Bonchev–Trinajstić information content (AvgIpc) is 2.56. The predicted octanol–water partition coefficient (Wildman–Crippen LogP) is 1.77. The normalized spacial score (nSPS) is 20.0. The van der Waals surface area contributed by atoms with Crippen LogP contribution >= 0.6 is 0 Å². The van der Waals surface area contributed by atoms with Crippen molar-refractivity contribution in [3.63, 3.8) is 0 Å². The van der Waals surface area contributed by atoms with Crippen molar-refractivity contribution in [3.8, 4) is 0 Å². The molecule has 1 aromatic rings. The lowest BCUT2D eigenvalue weighted by Crippen LogP contribution is -2.19. The first-order valence-electron chi connectivity index (χ1n) is 5.77. The van der Waals surface area contributed by atoms with Gasteiger partial charge in [-0.25, -0.2) is 4.98 Å². The number of hydrogen-bond acceptors (Lipinski definition) is 2. The summed E-state index contributed by atoms with van der Waals surface area (Å²) in [5.41, 5.74) is 2.31. The first kappa shape index (κ1) is 10.4. The Kier molecular flexibility index (Phi) is 2.89. The summed E-state index contributed by atoms with van der Waals surface area (Å²) < 4.78 is 2.33. The van der Waals surface area contributed by atoms with Crippen LogP contribution in [0.3, 0.4) is 0 Å². The van der Waals surface area contributed by atoms with Gasteiger partial charge in [0, 0.05) is 25.1 Å². The lowest BCUT2D eigenvalue weighted by Gasteiger charge is -2.22. The summed E-state index contributed by atoms with van der Waals surface area (Å²) in [6, 6.07) is 0. The summed E-state index contributed by atoms with van der Waals surface area (Å²) in [5, 5.41) is 0. The second-order valence-corrected chi connectivity index (χ2v) is 4.40. The van der Waals surface area contributed by atoms with E-state index in [9.17, 15) is 4.79 Å². The minimum absolute atomic E-state index is 0.476. The summed E-state index contributed by atoms with van der Waals surface area (Å²) in [5.74, 6) is 1.88. The Hall–Kier alpha value is -1.12. The molecule has 0 bridgehead atoms. The monoisotopic (exact) mass is 206 g/mol. The van der Waals surface area contributed by atoms with Gasteiger partial charge in [0.15, 0.2) is 0 Å². The van der Waals surface area contributed by atoms with E-state index in [1.165, 1.54) is 12.1 Å². The number of carbonyl (C=O) groups excluding carboxylic acids is 1. The molecule has 1 unspecified atom stereocenters. The SMILES string of the molecule is CCc1nc(CC=O)c2n1CC(C)CC2. The number of nitrogens with zero attached hydrogens (tertiary/aromatic N) is 2. The quantitative estimate of drug-likeness (QED) is 0.706. The van der Waals surface area contributed by atoms with Gasteiger partial charge in [0.2, 0.25) is 0 Å². The number of rotatable bonds is 3. The first-order valence-corrected chi connectivity index (χ1v) is 5.77. The van der Waals surface area contributed by atoms with E-state index in [0.717, 1.165) is 43.1 Å². The van der Waals surface area contributed by atoms with Gasteiger partial charge in [-0.1, -0.05) is 13.8 Å². The third kappa shape index (κ3) is 1.83. The zero-order chi connectivity index (χ0) is 10.8. The number of carbonyl (C=O) groups is 1. The van der Waals surface area contributed by atoms with Crippen molar-refractivity contribution < 1.29 is 4.79 Å². The Morgan fingerprint density at radius 3 is 3.07 bits per heavy atom. The van der Waals surface area contributed by atoms with E-state index in [1.807, 2.05) is 0 Å². The Labute approximate surface area is 90.5 Å². The second kappa shape index (κ2) is 4.17. The number of aryl methyl sites for hydroxylation is 1. The van der Waals surface area contributed by atoms with Crippen LogP contribution in [0.1, 0.15) is 37.5 Å². The van der Waals surface area contributed by atoms with Crippen LogP contribution in [0.2, 0.25) is 0 Å². The molecule has 0 fully saturated rings.